The van der Waals surface area contributed by atoms with Crippen molar-refractivity contribution in [2.45, 2.75) is 51.2 Å². The molecule has 0 unspecified atom stereocenters. The van der Waals surface area contributed by atoms with E-state index in [0.717, 1.165) is 12.8 Å². The first kappa shape index (κ1) is 19.2. The van der Waals surface area contributed by atoms with Gasteiger partial charge < -0.3 is 10.1 Å². The molecule has 1 amide bonds. The summed E-state index contributed by atoms with van der Waals surface area (Å²) in [6, 6.07) is 0. The molecular formula is C15H21BrF3N3O2. The van der Waals surface area contributed by atoms with Gasteiger partial charge in [0.15, 0.2) is 5.69 Å². The van der Waals surface area contributed by atoms with Crippen LogP contribution in [0.3, 0.4) is 0 Å². The molecule has 0 saturated heterocycles. The molecule has 0 aliphatic heterocycles. The minimum atomic E-state index is -4.50. The topological polar surface area (TPSA) is 56.1 Å². The van der Waals surface area contributed by atoms with Crippen LogP contribution >= 0.6 is 15.9 Å². The van der Waals surface area contributed by atoms with E-state index in [0.29, 0.717) is 31.9 Å². The third kappa shape index (κ3) is 5.20. The van der Waals surface area contributed by atoms with Crippen molar-refractivity contribution in [2.24, 2.45) is 0 Å². The number of carbonyl (C=O) groups is 1. The van der Waals surface area contributed by atoms with Crippen molar-refractivity contribution >= 4 is 21.8 Å². The van der Waals surface area contributed by atoms with Crippen molar-refractivity contribution in [3.8, 4) is 0 Å². The monoisotopic (exact) mass is 411 g/mol. The Bertz CT molecular complexity index is 571. The number of rotatable bonds is 9. The molecule has 24 heavy (non-hydrogen) atoms. The fourth-order valence-electron chi connectivity index (χ4n) is 2.39. The molecule has 1 aromatic rings. The first-order chi connectivity index (χ1) is 11.3. The molecule has 1 fully saturated rings. The number of nitrogens with zero attached hydrogens (tertiary/aromatic N) is 2. The van der Waals surface area contributed by atoms with Crippen LogP contribution in [-0.4, -0.2) is 35.4 Å². The summed E-state index contributed by atoms with van der Waals surface area (Å²) in [7, 11) is 0. The van der Waals surface area contributed by atoms with E-state index in [1.165, 1.54) is 4.68 Å². The van der Waals surface area contributed by atoms with Crippen LogP contribution in [-0.2, 0) is 22.3 Å². The Morgan fingerprint density at radius 2 is 2.17 bits per heavy atom. The second-order valence-electron chi connectivity index (χ2n) is 5.69. The second-order valence-corrected chi connectivity index (χ2v) is 6.49. The lowest BCUT2D eigenvalue weighted by Crippen LogP contribution is -2.26. The van der Waals surface area contributed by atoms with Gasteiger partial charge in [-0.15, -0.1) is 0 Å². The Morgan fingerprint density at radius 3 is 2.75 bits per heavy atom. The van der Waals surface area contributed by atoms with E-state index in [2.05, 4.69) is 26.3 Å². The van der Waals surface area contributed by atoms with Crippen molar-refractivity contribution < 1.29 is 22.7 Å². The van der Waals surface area contributed by atoms with Crippen LogP contribution in [0, 0.1) is 0 Å². The van der Waals surface area contributed by atoms with Gasteiger partial charge in [0.2, 0.25) is 5.91 Å². The number of ether oxygens (including phenoxy) is 1. The second kappa shape index (κ2) is 8.33. The smallest absolute Gasteiger partial charge is 0.382 e. The van der Waals surface area contributed by atoms with Gasteiger partial charge in [0.05, 0.1) is 16.7 Å². The molecule has 1 saturated carbocycles. The molecule has 0 aromatic carbocycles. The van der Waals surface area contributed by atoms with Gasteiger partial charge in [-0.3, -0.25) is 9.48 Å². The lowest BCUT2D eigenvalue weighted by Gasteiger charge is -2.08. The summed E-state index contributed by atoms with van der Waals surface area (Å²) < 4.78 is 45.5. The molecule has 0 atom stereocenters. The van der Waals surface area contributed by atoms with Gasteiger partial charge in [-0.2, -0.15) is 18.3 Å². The van der Waals surface area contributed by atoms with Crippen molar-refractivity contribution in [1.82, 2.24) is 15.1 Å². The number of nitrogens with one attached hydrogen (secondary N) is 1. The summed E-state index contributed by atoms with van der Waals surface area (Å²) in [5.41, 5.74) is -0.368. The first-order valence-corrected chi connectivity index (χ1v) is 8.81. The highest BCUT2D eigenvalue weighted by atomic mass is 79.9. The molecule has 1 aliphatic rings. The molecule has 9 heteroatoms. The summed E-state index contributed by atoms with van der Waals surface area (Å²) in [5.74, 6) is -0.106. The number of carbonyl (C=O) groups excluding carboxylic acids is 1. The average Bonchev–Trinajstić information content (AvgIpc) is 3.27. The van der Waals surface area contributed by atoms with E-state index in [9.17, 15) is 18.0 Å². The number of aromatic nitrogens is 2. The number of hydrogen-bond donors (Lipinski definition) is 1. The predicted molar refractivity (Wildman–Crippen MR) is 85.6 cm³/mol. The zero-order chi connectivity index (χ0) is 17.7. The van der Waals surface area contributed by atoms with Crippen LogP contribution in [0.2, 0.25) is 0 Å². The molecule has 136 valence electrons. The van der Waals surface area contributed by atoms with E-state index in [1.54, 1.807) is 0 Å². The van der Waals surface area contributed by atoms with Gasteiger partial charge in [0.25, 0.3) is 0 Å². The van der Waals surface area contributed by atoms with E-state index >= 15 is 0 Å². The van der Waals surface area contributed by atoms with E-state index in [-0.39, 0.29) is 29.3 Å². The molecule has 5 nitrogen and oxygen atoms in total. The van der Waals surface area contributed by atoms with Gasteiger partial charge in [0.1, 0.15) is 0 Å². The van der Waals surface area contributed by atoms with Gasteiger partial charge >= 0.3 is 6.18 Å². The number of alkyl halides is 3. The highest BCUT2D eigenvalue weighted by Gasteiger charge is 2.41. The Hall–Kier alpha value is -1.09. The molecule has 0 spiro atoms. The van der Waals surface area contributed by atoms with Crippen LogP contribution in [0.25, 0.3) is 0 Å². The SMILES string of the molecule is CCOCCCNC(=O)CCn1nc(C(F)(F)F)c(Br)c1C1CC1. The summed E-state index contributed by atoms with van der Waals surface area (Å²) in [4.78, 5) is 11.8. The van der Waals surface area contributed by atoms with E-state index in [1.807, 2.05) is 6.92 Å². The lowest BCUT2D eigenvalue weighted by atomic mass is 10.2. The third-order valence-corrected chi connectivity index (χ3v) is 4.49. The van der Waals surface area contributed by atoms with Crippen molar-refractivity contribution in [3.63, 3.8) is 0 Å². The molecule has 2 rings (SSSR count). The maximum absolute atomic E-state index is 13.0. The van der Waals surface area contributed by atoms with Crippen LogP contribution < -0.4 is 5.32 Å². The van der Waals surface area contributed by atoms with Crippen LogP contribution in [0.15, 0.2) is 4.47 Å². The maximum Gasteiger partial charge on any atom is 0.436 e. The molecule has 1 heterocycles. The van der Waals surface area contributed by atoms with Gasteiger partial charge in [-0.1, -0.05) is 0 Å². The Labute approximate surface area is 147 Å². The standard InChI is InChI=1S/C15H21BrF3N3O2/c1-2-24-9-3-7-20-11(23)6-8-22-13(10-4-5-10)12(16)14(21-22)15(17,18)19/h10H,2-9H2,1H3,(H,20,23). The normalized spacial score (nSPS) is 14.9. The zero-order valence-electron chi connectivity index (χ0n) is 13.5. The zero-order valence-corrected chi connectivity index (χ0v) is 15.0. The predicted octanol–water partition coefficient (Wildman–Crippen LogP) is 3.47. The number of aryl methyl sites for hydroxylation is 1. The van der Waals surface area contributed by atoms with Gasteiger partial charge in [0, 0.05) is 32.1 Å². The Kier molecular flexibility index (Phi) is 6.68. The fraction of sp³-hybridized carbons (Fsp3) is 0.733. The average molecular weight is 412 g/mol. The van der Waals surface area contributed by atoms with Crippen LogP contribution in [0.4, 0.5) is 13.2 Å². The highest BCUT2D eigenvalue weighted by molar-refractivity contribution is 9.10. The minimum Gasteiger partial charge on any atom is -0.382 e. The van der Waals surface area contributed by atoms with Crippen LogP contribution in [0.5, 0.6) is 0 Å². The molecular weight excluding hydrogens is 391 g/mol. The van der Waals surface area contributed by atoms with Crippen molar-refractivity contribution in [2.75, 3.05) is 19.8 Å². The first-order valence-electron chi connectivity index (χ1n) is 8.02. The summed E-state index contributed by atoms with van der Waals surface area (Å²) >= 11 is 3.03. The van der Waals surface area contributed by atoms with E-state index in [4.69, 9.17) is 4.74 Å². The summed E-state index contributed by atoms with van der Waals surface area (Å²) in [6.45, 7) is 3.73. The number of amides is 1. The summed E-state index contributed by atoms with van der Waals surface area (Å²) in [6.07, 6.45) is -2.00. The Morgan fingerprint density at radius 1 is 1.46 bits per heavy atom. The third-order valence-electron chi connectivity index (χ3n) is 3.71. The van der Waals surface area contributed by atoms with Gasteiger partial charge in [-0.25, -0.2) is 0 Å². The number of hydrogen-bond acceptors (Lipinski definition) is 3. The molecule has 1 aromatic heterocycles. The lowest BCUT2D eigenvalue weighted by molar-refractivity contribution is -0.142. The minimum absolute atomic E-state index is 0.00891. The molecule has 0 radical (unpaired) electrons. The van der Waals surface area contributed by atoms with E-state index < -0.39 is 11.9 Å². The Balaban J connectivity index is 1.91. The fourth-order valence-corrected chi connectivity index (χ4v) is 3.23. The van der Waals surface area contributed by atoms with Gasteiger partial charge in [-0.05, 0) is 42.1 Å². The molecule has 1 aliphatic carbocycles. The molecule has 1 N–H and O–H groups in total. The maximum atomic E-state index is 13.0. The summed E-state index contributed by atoms with van der Waals surface area (Å²) in [5, 5.41) is 6.41. The van der Waals surface area contributed by atoms with Crippen LogP contribution in [0.1, 0.15) is 49.9 Å². The molecule has 0 bridgehead atoms. The highest BCUT2D eigenvalue weighted by Crippen LogP contribution is 2.46. The quantitative estimate of drug-likeness (QED) is 0.632. The largest absolute Gasteiger partial charge is 0.436 e. The number of halogens is 4. The van der Waals surface area contributed by atoms with Crippen molar-refractivity contribution in [1.29, 1.82) is 0 Å². The van der Waals surface area contributed by atoms with Crippen molar-refractivity contribution in [3.05, 3.63) is 15.9 Å².